The highest BCUT2D eigenvalue weighted by Gasteiger charge is 2.22. The van der Waals surface area contributed by atoms with Gasteiger partial charge in [-0.05, 0) is 34.9 Å². The van der Waals surface area contributed by atoms with E-state index in [4.69, 9.17) is 11.6 Å². The summed E-state index contributed by atoms with van der Waals surface area (Å²) >= 11 is 6.27. The van der Waals surface area contributed by atoms with Crippen molar-refractivity contribution < 1.29 is 4.79 Å². The SMILES string of the molecule is O=C(Cc1ccc(-c2ccccc2)cc1)N1CCN(c2ccc(-c3ccccc3Cl)nn2)CC1. The van der Waals surface area contributed by atoms with Crippen LogP contribution < -0.4 is 4.90 Å². The van der Waals surface area contributed by atoms with Crippen LogP contribution in [0.15, 0.2) is 91.0 Å². The van der Waals surface area contributed by atoms with Crippen LogP contribution in [0, 0.1) is 0 Å². The first-order valence-electron chi connectivity index (χ1n) is 11.4. The molecule has 170 valence electrons. The Bertz CT molecular complexity index is 1250. The van der Waals surface area contributed by atoms with Gasteiger partial charge in [-0.25, -0.2) is 0 Å². The van der Waals surface area contributed by atoms with Gasteiger partial charge in [-0.3, -0.25) is 4.79 Å². The minimum atomic E-state index is 0.160. The Morgan fingerprint density at radius 2 is 1.41 bits per heavy atom. The molecule has 0 radical (unpaired) electrons. The van der Waals surface area contributed by atoms with Gasteiger partial charge in [0.25, 0.3) is 0 Å². The summed E-state index contributed by atoms with van der Waals surface area (Å²) in [6.45, 7) is 2.82. The first-order valence-corrected chi connectivity index (χ1v) is 11.8. The van der Waals surface area contributed by atoms with Crippen LogP contribution in [0.1, 0.15) is 5.56 Å². The number of aromatic nitrogens is 2. The fourth-order valence-corrected chi connectivity index (χ4v) is 4.46. The average molecular weight is 469 g/mol. The molecule has 1 saturated heterocycles. The van der Waals surface area contributed by atoms with Gasteiger partial charge in [0.05, 0.1) is 17.1 Å². The third kappa shape index (κ3) is 4.95. The maximum Gasteiger partial charge on any atom is 0.227 e. The van der Waals surface area contributed by atoms with Crippen LogP contribution in [0.2, 0.25) is 5.02 Å². The zero-order chi connectivity index (χ0) is 23.3. The topological polar surface area (TPSA) is 49.3 Å². The maximum absolute atomic E-state index is 12.9. The Morgan fingerprint density at radius 1 is 0.735 bits per heavy atom. The smallest absolute Gasteiger partial charge is 0.227 e. The molecule has 0 unspecified atom stereocenters. The number of benzene rings is 3. The molecule has 0 N–H and O–H groups in total. The number of carbonyl (C=O) groups excluding carboxylic acids is 1. The zero-order valence-electron chi connectivity index (χ0n) is 18.8. The van der Waals surface area contributed by atoms with E-state index in [1.807, 2.05) is 71.6 Å². The molecule has 0 atom stereocenters. The Labute approximate surface area is 204 Å². The van der Waals surface area contributed by atoms with Gasteiger partial charge in [0, 0.05) is 31.7 Å². The van der Waals surface area contributed by atoms with Crippen molar-refractivity contribution in [2.75, 3.05) is 31.1 Å². The van der Waals surface area contributed by atoms with Gasteiger partial charge in [-0.1, -0.05) is 84.4 Å². The third-order valence-corrected chi connectivity index (χ3v) is 6.50. The monoisotopic (exact) mass is 468 g/mol. The molecule has 0 spiro atoms. The number of hydrogen-bond acceptors (Lipinski definition) is 4. The van der Waals surface area contributed by atoms with E-state index in [2.05, 4.69) is 39.4 Å². The first-order chi connectivity index (χ1) is 16.7. The lowest BCUT2D eigenvalue weighted by Gasteiger charge is -2.35. The number of rotatable bonds is 5. The summed E-state index contributed by atoms with van der Waals surface area (Å²) in [6.07, 6.45) is 0.418. The predicted molar refractivity (Wildman–Crippen MR) is 137 cm³/mol. The molecule has 0 aliphatic carbocycles. The lowest BCUT2D eigenvalue weighted by Crippen LogP contribution is -2.49. The van der Waals surface area contributed by atoms with Crippen LogP contribution in [0.3, 0.4) is 0 Å². The van der Waals surface area contributed by atoms with E-state index in [1.54, 1.807) is 0 Å². The highest BCUT2D eigenvalue weighted by atomic mass is 35.5. The molecule has 5 nitrogen and oxygen atoms in total. The molecule has 1 fully saturated rings. The second kappa shape index (κ2) is 10.1. The van der Waals surface area contributed by atoms with Gasteiger partial charge >= 0.3 is 0 Å². The number of nitrogens with zero attached hydrogens (tertiary/aromatic N) is 4. The molecule has 34 heavy (non-hydrogen) atoms. The van der Waals surface area contributed by atoms with Gasteiger partial charge in [-0.15, -0.1) is 10.2 Å². The molecule has 1 aromatic heterocycles. The summed E-state index contributed by atoms with van der Waals surface area (Å²) < 4.78 is 0. The second-order valence-corrected chi connectivity index (χ2v) is 8.77. The molecule has 6 heteroatoms. The number of amides is 1. The molecule has 0 saturated carbocycles. The molecule has 1 amide bonds. The molecule has 1 aliphatic rings. The minimum absolute atomic E-state index is 0.160. The lowest BCUT2D eigenvalue weighted by molar-refractivity contribution is -0.130. The number of halogens is 1. The summed E-state index contributed by atoms with van der Waals surface area (Å²) in [6, 6.07) is 30.1. The quantitative estimate of drug-likeness (QED) is 0.396. The lowest BCUT2D eigenvalue weighted by atomic mass is 10.0. The largest absolute Gasteiger partial charge is 0.352 e. The standard InChI is InChI=1S/C28H25ClN4O/c29-25-9-5-4-8-24(25)26-14-15-27(31-30-26)32-16-18-33(19-17-32)28(34)20-21-10-12-23(13-11-21)22-6-2-1-3-7-22/h1-15H,16-20H2. The van der Waals surface area contributed by atoms with E-state index >= 15 is 0 Å². The third-order valence-electron chi connectivity index (χ3n) is 6.17. The Hall–Kier alpha value is -3.70. The van der Waals surface area contributed by atoms with Crippen LogP contribution in [0.4, 0.5) is 5.82 Å². The zero-order valence-corrected chi connectivity index (χ0v) is 19.5. The van der Waals surface area contributed by atoms with Gasteiger partial charge in [-0.2, -0.15) is 0 Å². The number of hydrogen-bond donors (Lipinski definition) is 0. The van der Waals surface area contributed by atoms with Gasteiger partial charge < -0.3 is 9.80 Å². The van der Waals surface area contributed by atoms with Crippen molar-refractivity contribution in [1.29, 1.82) is 0 Å². The van der Waals surface area contributed by atoms with Gasteiger partial charge in [0.15, 0.2) is 5.82 Å². The van der Waals surface area contributed by atoms with Gasteiger partial charge in [0.2, 0.25) is 5.91 Å². The van der Waals surface area contributed by atoms with Crippen LogP contribution in [-0.4, -0.2) is 47.2 Å². The predicted octanol–water partition coefficient (Wildman–Crippen LogP) is 5.36. The molecule has 4 aromatic rings. The molecule has 5 rings (SSSR count). The highest BCUT2D eigenvalue weighted by molar-refractivity contribution is 6.33. The molecule has 1 aliphatic heterocycles. The van der Waals surface area contributed by atoms with Crippen LogP contribution in [0.25, 0.3) is 22.4 Å². The van der Waals surface area contributed by atoms with Crippen LogP contribution in [-0.2, 0) is 11.2 Å². The molecule has 3 aromatic carbocycles. The summed E-state index contributed by atoms with van der Waals surface area (Å²) in [5.74, 6) is 0.978. The van der Waals surface area contributed by atoms with Crippen molar-refractivity contribution >= 4 is 23.3 Å². The Kier molecular flexibility index (Phi) is 6.54. The summed E-state index contributed by atoms with van der Waals surface area (Å²) in [7, 11) is 0. The van der Waals surface area contributed by atoms with E-state index in [-0.39, 0.29) is 5.91 Å². The molecule has 2 heterocycles. The normalized spacial score (nSPS) is 13.7. The van der Waals surface area contributed by atoms with E-state index in [9.17, 15) is 4.79 Å². The van der Waals surface area contributed by atoms with Crippen molar-refractivity contribution in [3.63, 3.8) is 0 Å². The second-order valence-electron chi connectivity index (χ2n) is 8.36. The van der Waals surface area contributed by atoms with Crippen molar-refractivity contribution in [3.8, 4) is 22.4 Å². The number of carbonyl (C=O) groups is 1. The van der Waals surface area contributed by atoms with E-state index in [0.717, 1.165) is 41.3 Å². The minimum Gasteiger partial charge on any atom is -0.352 e. The maximum atomic E-state index is 12.9. The molecular formula is C28H25ClN4O. The molecule has 0 bridgehead atoms. The number of anilines is 1. The van der Waals surface area contributed by atoms with Gasteiger partial charge in [0.1, 0.15) is 0 Å². The summed E-state index contributed by atoms with van der Waals surface area (Å²) in [4.78, 5) is 17.0. The summed E-state index contributed by atoms with van der Waals surface area (Å²) in [5.41, 5.74) is 5.00. The Balaban J connectivity index is 1.16. The van der Waals surface area contributed by atoms with E-state index < -0.39 is 0 Å². The first kappa shape index (κ1) is 22.1. The average Bonchev–Trinajstić information content (AvgIpc) is 2.90. The van der Waals surface area contributed by atoms with Crippen molar-refractivity contribution in [2.24, 2.45) is 0 Å². The fourth-order valence-electron chi connectivity index (χ4n) is 4.22. The Morgan fingerprint density at radius 3 is 2.09 bits per heavy atom. The highest BCUT2D eigenvalue weighted by Crippen LogP contribution is 2.26. The van der Waals surface area contributed by atoms with Crippen LogP contribution >= 0.6 is 11.6 Å². The van der Waals surface area contributed by atoms with Crippen molar-refractivity contribution in [1.82, 2.24) is 15.1 Å². The van der Waals surface area contributed by atoms with Crippen molar-refractivity contribution in [2.45, 2.75) is 6.42 Å². The summed E-state index contributed by atoms with van der Waals surface area (Å²) in [5, 5.41) is 9.43. The van der Waals surface area contributed by atoms with E-state index in [0.29, 0.717) is 24.5 Å². The van der Waals surface area contributed by atoms with Crippen LogP contribution in [0.5, 0.6) is 0 Å². The van der Waals surface area contributed by atoms with Crippen molar-refractivity contribution in [3.05, 3.63) is 102 Å². The number of piperazine rings is 1. The van der Waals surface area contributed by atoms with E-state index in [1.165, 1.54) is 5.56 Å². The molecular weight excluding hydrogens is 444 g/mol. The fraction of sp³-hybridized carbons (Fsp3) is 0.179.